The van der Waals surface area contributed by atoms with Crippen LogP contribution in [0.2, 0.25) is 0 Å². The Morgan fingerprint density at radius 1 is 0.424 bits per heavy atom. The maximum Gasteiger partial charge on any atom is 0.295 e. The average Bonchev–Trinajstić information content (AvgIpc) is 2.61. The summed E-state index contributed by atoms with van der Waals surface area (Å²) in [4.78, 5) is -3.90. The van der Waals surface area contributed by atoms with E-state index in [1.165, 1.54) is 0 Å². The Morgan fingerprint density at radius 3 is 0.758 bits per heavy atom. The fraction of sp³-hybridized carbons (Fsp3) is 0. The summed E-state index contributed by atoms with van der Waals surface area (Å²) in [6.07, 6.45) is 0. The summed E-state index contributed by atoms with van der Waals surface area (Å²) < 4.78 is 134. The molecule has 0 heterocycles. The van der Waals surface area contributed by atoms with Gasteiger partial charge in [-0.15, -0.1) is 0 Å². The van der Waals surface area contributed by atoms with E-state index in [2.05, 4.69) is 0 Å². The zero-order valence-electron chi connectivity index (χ0n) is 16.2. The Balaban J connectivity index is 0.00000306. The van der Waals surface area contributed by atoms with Gasteiger partial charge in [0.1, 0.15) is 19.6 Å². The van der Waals surface area contributed by atoms with Gasteiger partial charge in [0, 0.05) is 61.9 Å². The Kier molecular flexibility index (Phi) is 6.18. The first-order valence-electron chi connectivity index (χ1n) is 8.11. The van der Waals surface area contributed by atoms with Crippen molar-refractivity contribution in [1.29, 1.82) is 0 Å². The predicted molar refractivity (Wildman–Crippen MR) is 115 cm³/mol. The van der Waals surface area contributed by atoms with Crippen molar-refractivity contribution in [2.24, 2.45) is 0 Å². The number of hydrogen-bond donors (Lipinski definition) is 4. The topological polar surface area (TPSA) is 217 Å². The van der Waals surface area contributed by atoms with Crippen molar-refractivity contribution in [3.8, 4) is 0 Å². The summed E-state index contributed by atoms with van der Waals surface area (Å²) in [6, 6.07) is 4.98. The molecule has 0 atom stereocenters. The van der Waals surface area contributed by atoms with Gasteiger partial charge in [0.15, 0.2) is 0 Å². The Morgan fingerprint density at radius 2 is 0.606 bits per heavy atom. The van der Waals surface area contributed by atoms with Gasteiger partial charge < -0.3 is 0 Å². The van der Waals surface area contributed by atoms with Gasteiger partial charge in [-0.3, -0.25) is 18.2 Å². The third-order valence-electron chi connectivity index (χ3n) is 4.86. The molecule has 17 heteroatoms. The zero-order chi connectivity index (χ0) is 24.0. The van der Waals surface area contributed by atoms with Gasteiger partial charge in [-0.25, -0.2) is 0 Å². The minimum atomic E-state index is -5.10. The summed E-state index contributed by atoms with van der Waals surface area (Å²) in [5.41, 5.74) is 0. The molecule has 0 aliphatic carbocycles. The SMILES string of the molecule is O=S(=O)(O)c1cc(S(=O)(=O)O)c2ccc3c(S(=O)(=O)O)cc(S(=O)(=O)O)c4ccc1c2c43.[Na]. The van der Waals surface area contributed by atoms with Crippen LogP contribution in [-0.2, 0) is 40.5 Å². The molecular weight excluding hydrogens is 535 g/mol. The molecule has 0 bridgehead atoms. The molecule has 4 aromatic carbocycles. The first kappa shape index (κ1) is 26.2. The normalized spacial score (nSPS) is 13.6. The van der Waals surface area contributed by atoms with Crippen LogP contribution in [0.3, 0.4) is 0 Å². The van der Waals surface area contributed by atoms with Gasteiger partial charge in [-0.05, 0) is 12.1 Å². The molecule has 0 fully saturated rings. The van der Waals surface area contributed by atoms with Crippen molar-refractivity contribution < 1.29 is 51.9 Å². The summed E-state index contributed by atoms with van der Waals surface area (Å²) in [5, 5.41) is -2.11. The van der Waals surface area contributed by atoms with Crippen LogP contribution >= 0.6 is 0 Å². The number of rotatable bonds is 4. The van der Waals surface area contributed by atoms with E-state index in [0.29, 0.717) is 12.1 Å². The fourth-order valence-corrected chi connectivity index (χ4v) is 6.73. The first-order chi connectivity index (χ1) is 14.4. The molecule has 0 aromatic heterocycles. The molecule has 4 rings (SSSR count). The second kappa shape index (κ2) is 7.79. The quantitative estimate of drug-likeness (QED) is 0.161. The van der Waals surface area contributed by atoms with E-state index in [9.17, 15) is 51.9 Å². The maximum absolute atomic E-state index is 11.9. The second-order valence-electron chi connectivity index (χ2n) is 6.72. The molecule has 0 unspecified atom stereocenters. The van der Waals surface area contributed by atoms with E-state index < -0.39 is 60.1 Å². The van der Waals surface area contributed by atoms with Crippen molar-refractivity contribution in [3.63, 3.8) is 0 Å². The van der Waals surface area contributed by atoms with E-state index >= 15 is 0 Å². The molecule has 4 aromatic rings. The third kappa shape index (κ3) is 4.25. The van der Waals surface area contributed by atoms with Gasteiger partial charge in [0.2, 0.25) is 0 Å². The molecular formula is C16H10NaO12S4. The Hall–Kier alpha value is -1.44. The van der Waals surface area contributed by atoms with Gasteiger partial charge >= 0.3 is 0 Å². The zero-order valence-corrected chi connectivity index (χ0v) is 21.4. The van der Waals surface area contributed by atoms with E-state index in [-0.39, 0.29) is 61.9 Å². The molecule has 0 aliphatic rings. The van der Waals surface area contributed by atoms with Crippen LogP contribution in [0, 0.1) is 0 Å². The third-order valence-corrected chi connectivity index (χ3v) is 8.43. The molecule has 33 heavy (non-hydrogen) atoms. The summed E-state index contributed by atoms with van der Waals surface area (Å²) in [7, 11) is -20.4. The van der Waals surface area contributed by atoms with E-state index in [0.717, 1.165) is 24.3 Å². The van der Waals surface area contributed by atoms with Gasteiger partial charge in [0.05, 0.1) is 0 Å². The molecule has 0 spiro atoms. The smallest absolute Gasteiger partial charge is 0.282 e. The van der Waals surface area contributed by atoms with Crippen LogP contribution in [0.25, 0.3) is 32.3 Å². The summed E-state index contributed by atoms with van der Waals surface area (Å²) in [6.45, 7) is 0. The molecule has 0 amide bonds. The van der Waals surface area contributed by atoms with Crippen LogP contribution in [0.1, 0.15) is 0 Å². The van der Waals surface area contributed by atoms with Crippen LogP contribution in [0.15, 0.2) is 56.0 Å². The Labute approximate surface area is 208 Å². The van der Waals surface area contributed by atoms with Crippen molar-refractivity contribution in [2.45, 2.75) is 19.6 Å². The van der Waals surface area contributed by atoms with Gasteiger partial charge in [0.25, 0.3) is 40.5 Å². The maximum atomic E-state index is 11.9. The number of benzene rings is 4. The minimum absolute atomic E-state index is 0. The van der Waals surface area contributed by atoms with Crippen molar-refractivity contribution >= 4 is 102 Å². The molecule has 0 saturated heterocycles. The molecule has 0 saturated carbocycles. The second-order valence-corrected chi connectivity index (χ2v) is 12.3. The molecule has 0 aliphatic heterocycles. The number of hydrogen-bond acceptors (Lipinski definition) is 8. The Bertz CT molecular complexity index is 1640. The van der Waals surface area contributed by atoms with Crippen LogP contribution < -0.4 is 0 Å². The molecule has 12 nitrogen and oxygen atoms in total. The van der Waals surface area contributed by atoms with Crippen molar-refractivity contribution in [1.82, 2.24) is 0 Å². The minimum Gasteiger partial charge on any atom is -0.282 e. The largest absolute Gasteiger partial charge is 0.295 e. The first-order valence-corrected chi connectivity index (χ1v) is 13.9. The molecule has 171 valence electrons. The van der Waals surface area contributed by atoms with Crippen LogP contribution in [-0.4, -0.2) is 81.4 Å². The van der Waals surface area contributed by atoms with Crippen LogP contribution in [0.4, 0.5) is 0 Å². The van der Waals surface area contributed by atoms with E-state index in [1.807, 2.05) is 0 Å². The summed E-state index contributed by atoms with van der Waals surface area (Å²) >= 11 is 0. The van der Waals surface area contributed by atoms with E-state index in [1.54, 1.807) is 0 Å². The van der Waals surface area contributed by atoms with Crippen molar-refractivity contribution in [3.05, 3.63) is 36.4 Å². The van der Waals surface area contributed by atoms with Gasteiger partial charge in [-0.1, -0.05) is 24.3 Å². The monoisotopic (exact) mass is 545 g/mol. The molecule has 4 N–H and O–H groups in total. The van der Waals surface area contributed by atoms with Gasteiger partial charge in [-0.2, -0.15) is 33.7 Å². The predicted octanol–water partition coefficient (Wildman–Crippen LogP) is 1.19. The standard InChI is InChI=1S/C16H10O12S4.Na/c17-29(18,19)11-5-13(31(23,24)25)9-3-4-10-14(32(26,27)28)6-12(30(20,21)22)8-2-1-7(11)15(9)16(8)10;/h1-6H,(H,17,18,19)(H,20,21,22)(H,23,24,25)(H,26,27,28);. The van der Waals surface area contributed by atoms with Crippen molar-refractivity contribution in [2.75, 3.05) is 0 Å². The van der Waals surface area contributed by atoms with Crippen LogP contribution in [0.5, 0.6) is 0 Å². The fourth-order valence-electron chi connectivity index (χ4n) is 3.72. The average molecular weight is 546 g/mol. The van der Waals surface area contributed by atoms with E-state index in [4.69, 9.17) is 0 Å². The summed E-state index contributed by atoms with van der Waals surface area (Å²) in [5.74, 6) is 0. The molecule has 1 radical (unpaired) electrons.